The van der Waals surface area contributed by atoms with Crippen molar-refractivity contribution in [1.82, 2.24) is 19.5 Å². The topological polar surface area (TPSA) is 106 Å². The van der Waals surface area contributed by atoms with Gasteiger partial charge in [0, 0.05) is 24.7 Å². The van der Waals surface area contributed by atoms with E-state index in [0.717, 1.165) is 5.56 Å². The lowest BCUT2D eigenvalue weighted by atomic mass is 10.2. The normalized spacial score (nSPS) is 12.4. The fourth-order valence-corrected chi connectivity index (χ4v) is 4.46. The second-order valence-corrected chi connectivity index (χ2v) is 9.21. The molecule has 3 rings (SSSR count). The van der Waals surface area contributed by atoms with Crippen molar-refractivity contribution in [2.75, 3.05) is 17.3 Å². The number of pyridine rings is 1. The van der Waals surface area contributed by atoms with Crippen LogP contribution in [0.25, 0.3) is 0 Å². The average molecular weight is 446 g/mol. The van der Waals surface area contributed by atoms with Crippen LogP contribution in [0.3, 0.4) is 0 Å². The second kappa shape index (κ2) is 10.4. The van der Waals surface area contributed by atoms with E-state index in [4.69, 9.17) is 0 Å². The predicted octanol–water partition coefficient (Wildman–Crippen LogP) is 2.37. The van der Waals surface area contributed by atoms with E-state index in [0.29, 0.717) is 24.5 Å². The Balaban J connectivity index is 1.68. The monoisotopic (exact) mass is 445 g/mol. The largest absolute Gasteiger partial charge is 0.308 e. The zero-order valence-electron chi connectivity index (χ0n) is 16.4. The Labute approximate surface area is 180 Å². The smallest absolute Gasteiger partial charge is 0.243 e. The number of rotatable bonds is 10. The van der Waals surface area contributed by atoms with Crippen LogP contribution in [0.2, 0.25) is 0 Å². The molecule has 0 aliphatic carbocycles. The summed E-state index contributed by atoms with van der Waals surface area (Å²) in [5, 5.41) is 7.06. The number of anilines is 1. The van der Waals surface area contributed by atoms with Gasteiger partial charge in [-0.3, -0.25) is 14.5 Å². The van der Waals surface area contributed by atoms with Crippen molar-refractivity contribution in [1.29, 1.82) is 0 Å². The molecule has 0 fully saturated rings. The number of carbonyl (C=O) groups is 1. The average Bonchev–Trinajstić information content (AvgIpc) is 3.19. The fraction of sp³-hybridized carbons (Fsp3) is 0.250. The third-order valence-corrected chi connectivity index (χ3v) is 6.40. The lowest BCUT2D eigenvalue weighted by Crippen LogP contribution is -2.44. The Morgan fingerprint density at radius 1 is 1.13 bits per heavy atom. The minimum absolute atomic E-state index is 0.119. The minimum Gasteiger partial charge on any atom is -0.308 e. The van der Waals surface area contributed by atoms with Gasteiger partial charge in [-0.1, -0.05) is 18.2 Å². The van der Waals surface area contributed by atoms with Crippen LogP contribution in [0.4, 0.5) is 5.82 Å². The number of benzene rings is 1. The lowest BCUT2D eigenvalue weighted by molar-refractivity contribution is -0.117. The van der Waals surface area contributed by atoms with Crippen LogP contribution < -0.4 is 10.0 Å². The number of nitrogens with one attached hydrogen (secondary N) is 2. The number of amides is 1. The van der Waals surface area contributed by atoms with Gasteiger partial charge in [-0.2, -0.15) is 21.6 Å². The molecule has 2 aromatic heterocycles. The Kier molecular flexibility index (Phi) is 7.61. The zero-order chi connectivity index (χ0) is 21.4. The highest BCUT2D eigenvalue weighted by molar-refractivity contribution is 7.98. The highest BCUT2D eigenvalue weighted by atomic mass is 32.2. The summed E-state index contributed by atoms with van der Waals surface area (Å²) >= 11 is 1.54. The maximum absolute atomic E-state index is 12.8. The summed E-state index contributed by atoms with van der Waals surface area (Å²) in [5.74, 6) is 0.547. The molecule has 0 radical (unpaired) electrons. The summed E-state index contributed by atoms with van der Waals surface area (Å²) in [5.41, 5.74) is 1.03. The fourth-order valence-electron chi connectivity index (χ4n) is 2.74. The number of thioether (sulfide) groups is 1. The maximum atomic E-state index is 12.8. The predicted molar refractivity (Wildman–Crippen MR) is 118 cm³/mol. The molecule has 3 aromatic rings. The zero-order valence-corrected chi connectivity index (χ0v) is 18.1. The Morgan fingerprint density at radius 3 is 2.57 bits per heavy atom. The first kappa shape index (κ1) is 22.0. The van der Waals surface area contributed by atoms with Crippen LogP contribution >= 0.6 is 11.8 Å². The van der Waals surface area contributed by atoms with E-state index in [1.807, 2.05) is 18.4 Å². The molecule has 30 heavy (non-hydrogen) atoms. The summed E-state index contributed by atoms with van der Waals surface area (Å²) in [6.45, 7) is 0.537. The van der Waals surface area contributed by atoms with Gasteiger partial charge < -0.3 is 5.32 Å². The van der Waals surface area contributed by atoms with Crippen molar-refractivity contribution < 1.29 is 13.2 Å². The molecule has 0 saturated carbocycles. The van der Waals surface area contributed by atoms with Gasteiger partial charge in [0.15, 0.2) is 5.82 Å². The van der Waals surface area contributed by atoms with Crippen molar-refractivity contribution in [3.63, 3.8) is 0 Å². The summed E-state index contributed by atoms with van der Waals surface area (Å²) < 4.78 is 29.5. The van der Waals surface area contributed by atoms with Gasteiger partial charge in [0.05, 0.1) is 11.4 Å². The molecule has 0 saturated heterocycles. The van der Waals surface area contributed by atoms with Crippen LogP contribution in [-0.2, 0) is 21.4 Å². The summed E-state index contributed by atoms with van der Waals surface area (Å²) in [7, 11) is -3.81. The molecule has 0 aliphatic heterocycles. The SMILES string of the molecule is CSCCC(NS(=O)(=O)c1ccccc1)C(=O)Nc1ccn(Cc2ccncc2)n1. The molecule has 10 heteroatoms. The molecule has 1 unspecified atom stereocenters. The Hall–Kier alpha value is -2.69. The van der Waals surface area contributed by atoms with E-state index < -0.39 is 22.0 Å². The first-order valence-electron chi connectivity index (χ1n) is 9.27. The van der Waals surface area contributed by atoms with E-state index >= 15 is 0 Å². The third kappa shape index (κ3) is 6.15. The van der Waals surface area contributed by atoms with E-state index in [1.165, 1.54) is 12.1 Å². The molecular formula is C20H23N5O3S2. The van der Waals surface area contributed by atoms with Crippen LogP contribution in [0.5, 0.6) is 0 Å². The minimum atomic E-state index is -3.81. The molecule has 158 valence electrons. The van der Waals surface area contributed by atoms with E-state index in [9.17, 15) is 13.2 Å². The van der Waals surface area contributed by atoms with Gasteiger partial charge in [0.25, 0.3) is 0 Å². The molecular weight excluding hydrogens is 422 g/mol. The maximum Gasteiger partial charge on any atom is 0.243 e. The first-order valence-corrected chi connectivity index (χ1v) is 12.1. The molecule has 8 nitrogen and oxygen atoms in total. The molecule has 0 bridgehead atoms. The Morgan fingerprint density at radius 2 is 1.87 bits per heavy atom. The number of carbonyl (C=O) groups excluding carboxylic acids is 1. The second-order valence-electron chi connectivity index (χ2n) is 6.51. The van der Waals surface area contributed by atoms with Crippen molar-refractivity contribution >= 4 is 33.5 Å². The van der Waals surface area contributed by atoms with E-state index in [2.05, 4.69) is 20.1 Å². The molecule has 1 amide bonds. The van der Waals surface area contributed by atoms with Gasteiger partial charge in [-0.05, 0) is 48.3 Å². The summed E-state index contributed by atoms with van der Waals surface area (Å²) in [6.07, 6.45) is 7.42. The van der Waals surface area contributed by atoms with Gasteiger partial charge in [-0.15, -0.1) is 0 Å². The van der Waals surface area contributed by atoms with Gasteiger partial charge >= 0.3 is 0 Å². The number of aromatic nitrogens is 3. The van der Waals surface area contributed by atoms with Crippen molar-refractivity contribution in [3.05, 3.63) is 72.7 Å². The number of hydrogen-bond acceptors (Lipinski definition) is 6. The van der Waals surface area contributed by atoms with Crippen LogP contribution in [0, 0.1) is 0 Å². The van der Waals surface area contributed by atoms with Crippen LogP contribution in [-0.4, -0.2) is 47.1 Å². The van der Waals surface area contributed by atoms with E-state index in [-0.39, 0.29) is 4.90 Å². The standard InChI is InChI=1S/C20H23N5O3S2/c1-29-14-10-18(24-30(27,28)17-5-3-2-4-6-17)20(26)22-19-9-13-25(23-19)15-16-7-11-21-12-8-16/h2-9,11-13,18,24H,10,14-15H2,1H3,(H,22,23,26). The number of hydrogen-bond donors (Lipinski definition) is 2. The van der Waals surface area contributed by atoms with Crippen LogP contribution in [0.15, 0.2) is 72.0 Å². The quantitative estimate of drug-likeness (QED) is 0.496. The number of nitrogens with zero attached hydrogens (tertiary/aromatic N) is 3. The van der Waals surface area contributed by atoms with Crippen molar-refractivity contribution in [2.24, 2.45) is 0 Å². The highest BCUT2D eigenvalue weighted by Gasteiger charge is 2.26. The van der Waals surface area contributed by atoms with Gasteiger partial charge in [0.2, 0.25) is 15.9 Å². The number of sulfonamides is 1. The lowest BCUT2D eigenvalue weighted by Gasteiger charge is -2.17. The van der Waals surface area contributed by atoms with E-state index in [1.54, 1.807) is 59.3 Å². The molecule has 1 aromatic carbocycles. The Bertz CT molecular complexity index is 1060. The molecule has 1 atom stereocenters. The van der Waals surface area contributed by atoms with Gasteiger partial charge in [-0.25, -0.2) is 8.42 Å². The summed E-state index contributed by atoms with van der Waals surface area (Å²) in [4.78, 5) is 16.9. The van der Waals surface area contributed by atoms with Crippen molar-refractivity contribution in [2.45, 2.75) is 23.9 Å². The molecule has 0 aliphatic rings. The van der Waals surface area contributed by atoms with Gasteiger partial charge in [0.1, 0.15) is 6.04 Å². The first-order chi connectivity index (χ1) is 14.5. The van der Waals surface area contributed by atoms with Crippen LogP contribution in [0.1, 0.15) is 12.0 Å². The third-order valence-electron chi connectivity index (χ3n) is 4.26. The molecule has 0 spiro atoms. The molecule has 2 N–H and O–H groups in total. The highest BCUT2D eigenvalue weighted by Crippen LogP contribution is 2.12. The van der Waals surface area contributed by atoms with Crippen molar-refractivity contribution in [3.8, 4) is 0 Å². The molecule has 2 heterocycles. The summed E-state index contributed by atoms with van der Waals surface area (Å²) in [6, 6.07) is 12.5.